The number of methoxy groups -OCH3 is 2. The zero-order valence-corrected chi connectivity index (χ0v) is 18.6. The fraction of sp³-hybridized carbons (Fsp3) is 0.115. The third-order valence-corrected chi connectivity index (χ3v) is 4.82. The zero-order chi connectivity index (χ0) is 24.4. The number of carbonyl (C=O) groups is 2. The van der Waals surface area contributed by atoms with Gasteiger partial charge in [0.2, 0.25) is 0 Å². The second-order valence-corrected chi connectivity index (χ2v) is 6.93. The van der Waals surface area contributed by atoms with Gasteiger partial charge in [-0.25, -0.2) is 14.8 Å². The minimum Gasteiger partial charge on any atom is -0.465 e. The largest absolute Gasteiger partial charge is 0.465 e. The monoisotopic (exact) mass is 461 g/mol. The number of oxime groups is 1. The zero-order valence-electron chi connectivity index (χ0n) is 18.6. The molecule has 0 bridgehead atoms. The quantitative estimate of drug-likeness (QED) is 0.0749. The van der Waals surface area contributed by atoms with Crippen LogP contribution in [0.3, 0.4) is 0 Å². The summed E-state index contributed by atoms with van der Waals surface area (Å²) in [6.45, 7) is 0. The number of benzene rings is 3. The molecule has 0 saturated heterocycles. The molecule has 174 valence electrons. The predicted octanol–water partition coefficient (Wildman–Crippen LogP) is 4.07. The van der Waals surface area contributed by atoms with Gasteiger partial charge in [-0.15, -0.1) is 0 Å². The molecule has 0 saturated carbocycles. The molecule has 1 unspecified atom stereocenters. The lowest BCUT2D eigenvalue weighted by Crippen LogP contribution is -2.32. The van der Waals surface area contributed by atoms with Gasteiger partial charge in [-0.1, -0.05) is 96.2 Å². The van der Waals surface area contributed by atoms with E-state index in [1.807, 2.05) is 60.7 Å². The number of hydrogen-bond donors (Lipinski definition) is 1. The standard InChI is InChI=1S/C26H23NO7/c1-31-24(28)22(25(29)32-2)18-26(34-30,21-16-10-5-11-17-21)33-27-23(19-12-6-3-7-13-19)20-14-8-4-9-15-20/h3-18,30H,1-2H3. The highest BCUT2D eigenvalue weighted by molar-refractivity contribution is 6.14. The molecule has 0 amide bonds. The van der Waals surface area contributed by atoms with E-state index in [1.165, 1.54) is 0 Å². The minimum absolute atomic E-state index is 0.243. The second-order valence-electron chi connectivity index (χ2n) is 6.93. The molecule has 0 spiro atoms. The minimum atomic E-state index is -2.19. The van der Waals surface area contributed by atoms with E-state index in [2.05, 4.69) is 14.6 Å². The van der Waals surface area contributed by atoms with E-state index in [-0.39, 0.29) is 5.56 Å². The normalized spacial score (nSPS) is 12.0. The van der Waals surface area contributed by atoms with Crippen LogP contribution in [0.1, 0.15) is 16.7 Å². The number of rotatable bonds is 9. The molecule has 1 atom stereocenters. The molecule has 3 aromatic carbocycles. The van der Waals surface area contributed by atoms with Crippen LogP contribution >= 0.6 is 0 Å². The molecule has 0 fully saturated rings. The summed E-state index contributed by atoms with van der Waals surface area (Å²) in [4.78, 5) is 35.1. The van der Waals surface area contributed by atoms with Crippen molar-refractivity contribution in [2.24, 2.45) is 5.16 Å². The van der Waals surface area contributed by atoms with Crippen LogP contribution in [-0.4, -0.2) is 37.1 Å². The maximum Gasteiger partial charge on any atom is 0.345 e. The van der Waals surface area contributed by atoms with Gasteiger partial charge in [0.15, 0.2) is 0 Å². The summed E-state index contributed by atoms with van der Waals surface area (Å²) in [7, 11) is 2.20. The molecule has 1 N–H and O–H groups in total. The summed E-state index contributed by atoms with van der Waals surface area (Å²) >= 11 is 0. The molecule has 0 aliphatic carbocycles. The number of ether oxygens (including phenoxy) is 2. The van der Waals surface area contributed by atoms with Crippen LogP contribution in [0.25, 0.3) is 0 Å². The smallest absolute Gasteiger partial charge is 0.345 e. The lowest BCUT2D eigenvalue weighted by atomic mass is 10.0. The highest BCUT2D eigenvalue weighted by Crippen LogP contribution is 2.31. The van der Waals surface area contributed by atoms with Crippen molar-refractivity contribution in [1.29, 1.82) is 0 Å². The summed E-state index contributed by atoms with van der Waals surface area (Å²) in [6.07, 6.45) is 0.955. The number of esters is 2. The molecule has 8 nitrogen and oxygen atoms in total. The van der Waals surface area contributed by atoms with E-state index in [0.29, 0.717) is 5.71 Å². The molecule has 3 aromatic rings. The maximum atomic E-state index is 12.3. The van der Waals surface area contributed by atoms with E-state index in [4.69, 9.17) is 9.73 Å². The molecule has 0 aromatic heterocycles. The Morgan fingerprint density at radius 3 is 1.62 bits per heavy atom. The van der Waals surface area contributed by atoms with Gasteiger partial charge in [0.1, 0.15) is 11.3 Å². The first-order chi connectivity index (χ1) is 16.5. The van der Waals surface area contributed by atoms with Crippen molar-refractivity contribution in [3.05, 3.63) is 119 Å². The molecule has 34 heavy (non-hydrogen) atoms. The highest BCUT2D eigenvalue weighted by atomic mass is 17.2. The van der Waals surface area contributed by atoms with Crippen molar-refractivity contribution in [2.75, 3.05) is 14.2 Å². The van der Waals surface area contributed by atoms with Gasteiger partial charge in [-0.05, 0) is 0 Å². The van der Waals surface area contributed by atoms with Gasteiger partial charge in [0, 0.05) is 22.8 Å². The van der Waals surface area contributed by atoms with Crippen molar-refractivity contribution in [2.45, 2.75) is 5.79 Å². The predicted molar refractivity (Wildman–Crippen MR) is 124 cm³/mol. The van der Waals surface area contributed by atoms with Crippen molar-refractivity contribution >= 4 is 17.7 Å². The van der Waals surface area contributed by atoms with Gasteiger partial charge in [-0.3, -0.25) is 0 Å². The van der Waals surface area contributed by atoms with Crippen molar-refractivity contribution < 1.29 is 34.0 Å². The topological polar surface area (TPSA) is 104 Å². The Morgan fingerprint density at radius 2 is 1.21 bits per heavy atom. The van der Waals surface area contributed by atoms with Gasteiger partial charge < -0.3 is 14.3 Å². The Hall–Kier alpha value is -4.27. The fourth-order valence-corrected chi connectivity index (χ4v) is 3.12. The number of nitrogens with zero attached hydrogens (tertiary/aromatic N) is 1. The molecule has 0 heterocycles. The van der Waals surface area contributed by atoms with Crippen molar-refractivity contribution in [1.82, 2.24) is 0 Å². The van der Waals surface area contributed by atoms with E-state index in [9.17, 15) is 14.8 Å². The number of hydrogen-bond acceptors (Lipinski definition) is 8. The molecule has 0 aliphatic heterocycles. The van der Waals surface area contributed by atoms with Crippen LogP contribution in [0, 0.1) is 0 Å². The van der Waals surface area contributed by atoms with Gasteiger partial charge in [0.25, 0.3) is 0 Å². The van der Waals surface area contributed by atoms with Gasteiger partial charge in [-0.2, -0.15) is 4.89 Å². The molecular formula is C26H23NO7. The van der Waals surface area contributed by atoms with Crippen LogP contribution in [0.2, 0.25) is 0 Å². The molecule has 3 rings (SSSR count). The Bertz CT molecular complexity index is 1100. The summed E-state index contributed by atoms with van der Waals surface area (Å²) in [5.41, 5.74) is 1.55. The van der Waals surface area contributed by atoms with Crippen LogP contribution in [-0.2, 0) is 34.6 Å². The first kappa shape index (κ1) is 24.4. The van der Waals surface area contributed by atoms with Gasteiger partial charge in [0.05, 0.1) is 14.2 Å². The van der Waals surface area contributed by atoms with Crippen LogP contribution in [0.4, 0.5) is 0 Å². The maximum absolute atomic E-state index is 12.3. The molecule has 8 heteroatoms. The van der Waals surface area contributed by atoms with E-state index in [0.717, 1.165) is 31.4 Å². The Labute approximate surface area is 196 Å². The van der Waals surface area contributed by atoms with Crippen molar-refractivity contribution in [3.8, 4) is 0 Å². The van der Waals surface area contributed by atoms with E-state index in [1.54, 1.807) is 30.3 Å². The lowest BCUT2D eigenvalue weighted by molar-refractivity contribution is -0.393. The lowest BCUT2D eigenvalue weighted by Gasteiger charge is -2.26. The Kier molecular flexibility index (Phi) is 8.28. The van der Waals surface area contributed by atoms with Crippen LogP contribution in [0.5, 0.6) is 0 Å². The Balaban J connectivity index is 2.20. The molecular weight excluding hydrogens is 438 g/mol. The average molecular weight is 461 g/mol. The Morgan fingerprint density at radius 1 is 0.765 bits per heavy atom. The van der Waals surface area contributed by atoms with E-state index < -0.39 is 23.3 Å². The average Bonchev–Trinajstić information content (AvgIpc) is 2.91. The van der Waals surface area contributed by atoms with Crippen LogP contribution < -0.4 is 0 Å². The summed E-state index contributed by atoms with van der Waals surface area (Å²) in [6, 6.07) is 26.6. The second kappa shape index (κ2) is 11.6. The van der Waals surface area contributed by atoms with Crippen LogP contribution in [0.15, 0.2) is 108 Å². The highest BCUT2D eigenvalue weighted by Gasteiger charge is 2.39. The summed E-state index contributed by atoms with van der Waals surface area (Å²) in [5.74, 6) is -4.21. The van der Waals surface area contributed by atoms with Gasteiger partial charge >= 0.3 is 17.7 Å². The fourth-order valence-electron chi connectivity index (χ4n) is 3.12. The third-order valence-electron chi connectivity index (χ3n) is 4.82. The summed E-state index contributed by atoms with van der Waals surface area (Å²) < 4.78 is 9.38. The molecule has 0 radical (unpaired) electrons. The number of carbonyl (C=O) groups excluding carboxylic acids is 2. The first-order valence-electron chi connectivity index (χ1n) is 10.2. The van der Waals surface area contributed by atoms with Crippen molar-refractivity contribution in [3.63, 3.8) is 0 Å². The SMILES string of the molecule is COC(=O)C(=CC(OO)(ON=C(c1ccccc1)c1ccccc1)c1ccccc1)C(=O)OC. The third kappa shape index (κ3) is 5.55. The molecule has 0 aliphatic rings. The first-order valence-corrected chi connectivity index (χ1v) is 10.2. The summed E-state index contributed by atoms with van der Waals surface area (Å²) in [5, 5.41) is 14.3. The van der Waals surface area contributed by atoms with E-state index >= 15 is 0 Å².